The van der Waals surface area contributed by atoms with Crippen molar-refractivity contribution in [1.82, 2.24) is 4.90 Å². The minimum Gasteiger partial charge on any atom is -0.507 e. The Morgan fingerprint density at radius 3 is 3.00 bits per heavy atom. The molecule has 9 heavy (non-hydrogen) atoms. The van der Waals surface area contributed by atoms with E-state index in [1.54, 1.807) is 7.05 Å². The lowest BCUT2D eigenvalue weighted by Gasteiger charge is -2.18. The van der Waals surface area contributed by atoms with Crippen LogP contribution in [0.25, 0.3) is 0 Å². The lowest BCUT2D eigenvalue weighted by atomic mass is 10.5. The number of hydrogen-bond donors (Lipinski definition) is 1. The van der Waals surface area contributed by atoms with Gasteiger partial charge in [-0.05, 0) is 0 Å². The van der Waals surface area contributed by atoms with E-state index in [9.17, 15) is 4.79 Å². The number of aliphatic hydroxyl groups is 1. The first kappa shape index (κ1) is 5.94. The SMILES string of the molecule is CN1CC(O)=COC1=O. The number of hydrogen-bond acceptors (Lipinski definition) is 3. The monoisotopic (exact) mass is 129 g/mol. The smallest absolute Gasteiger partial charge is 0.414 e. The summed E-state index contributed by atoms with van der Waals surface area (Å²) in [5, 5.41) is 8.74. The van der Waals surface area contributed by atoms with E-state index in [4.69, 9.17) is 5.11 Å². The summed E-state index contributed by atoms with van der Waals surface area (Å²) in [5.74, 6) is 0.0668. The number of carbonyl (C=O) groups excluding carboxylic acids is 1. The zero-order valence-electron chi connectivity index (χ0n) is 5.00. The standard InChI is InChI=1S/C5H7NO3/c1-6-2-4(7)3-9-5(6)8/h3,7H,2H2,1H3. The summed E-state index contributed by atoms with van der Waals surface area (Å²) >= 11 is 0. The van der Waals surface area contributed by atoms with Gasteiger partial charge < -0.3 is 14.7 Å². The number of cyclic esters (lactones) is 1. The second-order valence-corrected chi connectivity index (χ2v) is 1.85. The summed E-state index contributed by atoms with van der Waals surface area (Å²) in [5.41, 5.74) is 0. The molecule has 4 heteroatoms. The Kier molecular flexibility index (Phi) is 1.30. The van der Waals surface area contributed by atoms with Crippen LogP contribution < -0.4 is 0 Å². The molecule has 0 aliphatic carbocycles. The predicted octanol–water partition coefficient (Wildman–Crippen LogP) is 0.468. The molecule has 1 amide bonds. The number of amides is 1. The van der Waals surface area contributed by atoms with Crippen LogP contribution in [0.4, 0.5) is 4.79 Å². The van der Waals surface area contributed by atoms with E-state index in [0.29, 0.717) is 0 Å². The Bertz CT molecular complexity index is 164. The fraction of sp³-hybridized carbons (Fsp3) is 0.400. The third kappa shape index (κ3) is 1.13. The Labute approximate surface area is 52.3 Å². The molecule has 0 spiro atoms. The highest BCUT2D eigenvalue weighted by atomic mass is 16.6. The van der Waals surface area contributed by atoms with Crippen molar-refractivity contribution in [2.24, 2.45) is 0 Å². The van der Waals surface area contributed by atoms with Gasteiger partial charge in [-0.25, -0.2) is 4.79 Å². The van der Waals surface area contributed by atoms with Crippen LogP contribution in [0.15, 0.2) is 12.0 Å². The Hall–Kier alpha value is -1.19. The molecule has 1 heterocycles. The van der Waals surface area contributed by atoms with Gasteiger partial charge in [0.1, 0.15) is 12.0 Å². The fourth-order valence-electron chi connectivity index (χ4n) is 0.553. The maximum atomic E-state index is 10.5. The topological polar surface area (TPSA) is 49.8 Å². The predicted molar refractivity (Wildman–Crippen MR) is 29.8 cm³/mol. The summed E-state index contributed by atoms with van der Waals surface area (Å²) < 4.78 is 4.38. The highest BCUT2D eigenvalue weighted by molar-refractivity contribution is 5.69. The third-order valence-electron chi connectivity index (χ3n) is 1.01. The lowest BCUT2D eigenvalue weighted by molar-refractivity contribution is 0.127. The lowest BCUT2D eigenvalue weighted by Crippen LogP contribution is -2.31. The van der Waals surface area contributed by atoms with Crippen LogP contribution in [0.5, 0.6) is 0 Å². The zero-order valence-corrected chi connectivity index (χ0v) is 5.00. The van der Waals surface area contributed by atoms with Crippen molar-refractivity contribution >= 4 is 6.09 Å². The van der Waals surface area contributed by atoms with Gasteiger partial charge >= 0.3 is 6.09 Å². The summed E-state index contributed by atoms with van der Waals surface area (Å²) in [6.45, 7) is 0.235. The average molecular weight is 129 g/mol. The molecule has 0 bridgehead atoms. The third-order valence-corrected chi connectivity index (χ3v) is 1.01. The highest BCUT2D eigenvalue weighted by Crippen LogP contribution is 2.03. The number of ether oxygens (including phenoxy) is 1. The summed E-state index contributed by atoms with van der Waals surface area (Å²) in [6, 6.07) is 0. The molecular weight excluding hydrogens is 122 g/mol. The van der Waals surface area contributed by atoms with Crippen LogP contribution in [0.2, 0.25) is 0 Å². The maximum Gasteiger partial charge on any atom is 0.414 e. The summed E-state index contributed by atoms with van der Waals surface area (Å²) in [7, 11) is 1.55. The minimum absolute atomic E-state index is 0.0668. The van der Waals surface area contributed by atoms with Gasteiger partial charge in [-0.3, -0.25) is 0 Å². The highest BCUT2D eigenvalue weighted by Gasteiger charge is 2.15. The molecule has 0 aromatic rings. The molecule has 4 nitrogen and oxygen atoms in total. The maximum absolute atomic E-state index is 10.5. The Morgan fingerprint density at radius 1 is 1.89 bits per heavy atom. The summed E-state index contributed by atoms with van der Waals surface area (Å²) in [4.78, 5) is 11.8. The van der Waals surface area contributed by atoms with Gasteiger partial charge in [-0.2, -0.15) is 0 Å². The van der Waals surface area contributed by atoms with E-state index in [1.807, 2.05) is 0 Å². The molecular formula is C5H7NO3. The second kappa shape index (κ2) is 1.97. The van der Waals surface area contributed by atoms with Gasteiger partial charge in [-0.1, -0.05) is 0 Å². The van der Waals surface area contributed by atoms with Crippen molar-refractivity contribution in [3.8, 4) is 0 Å². The van der Waals surface area contributed by atoms with Crippen molar-refractivity contribution in [3.05, 3.63) is 12.0 Å². The van der Waals surface area contributed by atoms with Crippen LogP contribution in [0.1, 0.15) is 0 Å². The number of likely N-dealkylation sites (N-methyl/N-ethyl adjacent to an activating group) is 1. The van der Waals surface area contributed by atoms with Crippen molar-refractivity contribution in [2.75, 3.05) is 13.6 Å². The number of nitrogens with zero attached hydrogens (tertiary/aromatic N) is 1. The Morgan fingerprint density at radius 2 is 2.56 bits per heavy atom. The molecule has 0 saturated heterocycles. The molecule has 1 rings (SSSR count). The van der Waals surface area contributed by atoms with Crippen molar-refractivity contribution < 1.29 is 14.6 Å². The molecule has 1 aliphatic rings. The number of carbonyl (C=O) groups is 1. The zero-order chi connectivity index (χ0) is 6.85. The largest absolute Gasteiger partial charge is 0.507 e. The van der Waals surface area contributed by atoms with Gasteiger partial charge in [-0.15, -0.1) is 0 Å². The molecule has 0 fully saturated rings. The van der Waals surface area contributed by atoms with Gasteiger partial charge in [0.2, 0.25) is 0 Å². The minimum atomic E-state index is -0.437. The molecule has 1 aliphatic heterocycles. The van der Waals surface area contributed by atoms with Crippen molar-refractivity contribution in [2.45, 2.75) is 0 Å². The Balaban J connectivity index is 2.65. The van der Waals surface area contributed by atoms with E-state index in [-0.39, 0.29) is 12.3 Å². The first-order chi connectivity index (χ1) is 4.20. The van der Waals surface area contributed by atoms with Gasteiger partial charge in [0.05, 0.1) is 6.54 Å². The normalized spacial score (nSPS) is 19.0. The van der Waals surface area contributed by atoms with E-state index >= 15 is 0 Å². The molecule has 0 aromatic carbocycles. The van der Waals surface area contributed by atoms with Gasteiger partial charge in [0.25, 0.3) is 0 Å². The number of rotatable bonds is 0. The van der Waals surface area contributed by atoms with Crippen molar-refractivity contribution in [3.63, 3.8) is 0 Å². The second-order valence-electron chi connectivity index (χ2n) is 1.85. The van der Waals surface area contributed by atoms with E-state index in [2.05, 4.69) is 4.74 Å². The average Bonchev–Trinajstić information content (AvgIpc) is 1.80. The molecule has 0 aromatic heterocycles. The van der Waals surface area contributed by atoms with Gasteiger partial charge in [0, 0.05) is 7.05 Å². The van der Waals surface area contributed by atoms with Crippen LogP contribution in [-0.4, -0.2) is 29.7 Å². The van der Waals surface area contributed by atoms with Gasteiger partial charge in [0.15, 0.2) is 0 Å². The molecule has 0 saturated carbocycles. The van der Waals surface area contributed by atoms with E-state index in [1.165, 1.54) is 4.90 Å². The van der Waals surface area contributed by atoms with E-state index in [0.717, 1.165) is 6.26 Å². The van der Waals surface area contributed by atoms with Crippen LogP contribution in [0, 0.1) is 0 Å². The molecule has 0 unspecified atom stereocenters. The van der Waals surface area contributed by atoms with E-state index < -0.39 is 6.09 Å². The first-order valence-corrected chi connectivity index (χ1v) is 2.50. The molecule has 1 N–H and O–H groups in total. The van der Waals surface area contributed by atoms with Crippen LogP contribution in [-0.2, 0) is 4.74 Å². The number of aliphatic hydroxyl groups excluding tert-OH is 1. The molecule has 50 valence electrons. The van der Waals surface area contributed by atoms with Crippen LogP contribution >= 0.6 is 0 Å². The van der Waals surface area contributed by atoms with Crippen LogP contribution in [0.3, 0.4) is 0 Å². The molecule has 0 atom stereocenters. The quantitative estimate of drug-likeness (QED) is 0.517. The molecule has 0 radical (unpaired) electrons. The summed E-state index contributed by atoms with van der Waals surface area (Å²) in [6.07, 6.45) is 0.607. The fourth-order valence-corrected chi connectivity index (χ4v) is 0.553. The van der Waals surface area contributed by atoms with Crippen molar-refractivity contribution in [1.29, 1.82) is 0 Å². The first-order valence-electron chi connectivity index (χ1n) is 2.50.